The van der Waals surface area contributed by atoms with Gasteiger partial charge in [-0.3, -0.25) is 9.36 Å². The summed E-state index contributed by atoms with van der Waals surface area (Å²) in [7, 11) is 0. The van der Waals surface area contributed by atoms with Crippen LogP contribution in [0.2, 0.25) is 0 Å². The Balaban J connectivity index is 1.43. The third-order valence-electron chi connectivity index (χ3n) is 6.71. The van der Waals surface area contributed by atoms with Gasteiger partial charge in [-0.2, -0.15) is 10.2 Å². The van der Waals surface area contributed by atoms with Crippen molar-refractivity contribution in [3.05, 3.63) is 57.5 Å². The van der Waals surface area contributed by atoms with Crippen LogP contribution >= 0.6 is 0 Å². The summed E-state index contributed by atoms with van der Waals surface area (Å²) in [6.07, 6.45) is 6.01. The lowest BCUT2D eigenvalue weighted by Gasteiger charge is -2.31. The minimum absolute atomic E-state index is 0.0404. The van der Waals surface area contributed by atoms with E-state index in [4.69, 9.17) is 9.72 Å². The molecule has 2 aliphatic rings. The van der Waals surface area contributed by atoms with Crippen LogP contribution in [-0.2, 0) is 17.7 Å². The second kappa shape index (κ2) is 9.26. The topological polar surface area (TPSA) is 113 Å². The van der Waals surface area contributed by atoms with Gasteiger partial charge >= 0.3 is 6.09 Å². The summed E-state index contributed by atoms with van der Waals surface area (Å²) in [4.78, 5) is 36.4. The highest BCUT2D eigenvalue weighted by Crippen LogP contribution is 2.31. The van der Waals surface area contributed by atoms with Crippen LogP contribution in [0.4, 0.5) is 16.4 Å². The number of ether oxygens (including phenoxy) is 1. The first kappa shape index (κ1) is 23.8. The van der Waals surface area contributed by atoms with Crippen molar-refractivity contribution < 1.29 is 9.53 Å². The molecule has 9 heteroatoms. The van der Waals surface area contributed by atoms with Gasteiger partial charge in [0, 0.05) is 36.4 Å². The largest absolute Gasteiger partial charge is 0.444 e. The van der Waals surface area contributed by atoms with Gasteiger partial charge in [-0.15, -0.1) is 0 Å². The first-order valence-electron chi connectivity index (χ1n) is 12.4. The lowest BCUT2D eigenvalue weighted by atomic mass is 9.99. The molecule has 186 valence electrons. The van der Waals surface area contributed by atoms with E-state index in [-0.39, 0.29) is 23.3 Å². The van der Waals surface area contributed by atoms with Gasteiger partial charge in [0.05, 0.1) is 0 Å². The molecular weight excluding hydrogens is 456 g/mol. The zero-order chi connectivity index (χ0) is 25.4. The van der Waals surface area contributed by atoms with E-state index in [0.717, 1.165) is 43.4 Å². The molecule has 1 aliphatic carbocycles. The molecule has 0 saturated heterocycles. The third-order valence-corrected chi connectivity index (χ3v) is 6.71. The Hall–Kier alpha value is -3.93. The number of rotatable bonds is 3. The summed E-state index contributed by atoms with van der Waals surface area (Å²) < 4.78 is 7.22. The SMILES string of the molecule is CC(C)(C)OC(=O)N1CCc2ccc(Nc3ncc4cc(C#N)c(=O)n(C5CCCC5)c4n3)cc2C1. The number of pyridine rings is 1. The molecule has 36 heavy (non-hydrogen) atoms. The Bertz CT molecular complexity index is 1430. The van der Waals surface area contributed by atoms with Gasteiger partial charge < -0.3 is 15.0 Å². The van der Waals surface area contributed by atoms with E-state index in [9.17, 15) is 14.9 Å². The van der Waals surface area contributed by atoms with Gasteiger partial charge in [0.1, 0.15) is 22.9 Å². The number of fused-ring (bicyclic) bond motifs is 2. The molecule has 0 atom stereocenters. The number of nitrogens with zero attached hydrogens (tertiary/aromatic N) is 5. The Morgan fingerprint density at radius 1 is 1.19 bits per heavy atom. The number of nitrogens with one attached hydrogen (secondary N) is 1. The van der Waals surface area contributed by atoms with Gasteiger partial charge in [-0.25, -0.2) is 9.78 Å². The molecule has 1 aliphatic heterocycles. The van der Waals surface area contributed by atoms with E-state index in [0.29, 0.717) is 30.1 Å². The summed E-state index contributed by atoms with van der Waals surface area (Å²) in [5, 5.41) is 13.4. The number of carbonyl (C=O) groups is 1. The molecule has 2 aromatic heterocycles. The van der Waals surface area contributed by atoms with Gasteiger partial charge in [0.25, 0.3) is 5.56 Å². The molecular formula is C27H30N6O3. The number of nitriles is 1. The van der Waals surface area contributed by atoms with Crippen LogP contribution in [0, 0.1) is 11.3 Å². The zero-order valence-electron chi connectivity index (χ0n) is 20.9. The number of benzene rings is 1. The number of aromatic nitrogens is 3. The number of hydrogen-bond donors (Lipinski definition) is 1. The average Bonchev–Trinajstić information content (AvgIpc) is 3.36. The second-order valence-corrected chi connectivity index (χ2v) is 10.5. The van der Waals surface area contributed by atoms with Crippen LogP contribution in [0.25, 0.3) is 11.0 Å². The highest BCUT2D eigenvalue weighted by molar-refractivity contribution is 5.77. The number of carbonyl (C=O) groups excluding carboxylic acids is 1. The predicted octanol–water partition coefficient (Wildman–Crippen LogP) is 4.82. The molecule has 1 saturated carbocycles. The Kier molecular flexibility index (Phi) is 6.12. The van der Waals surface area contributed by atoms with Gasteiger partial charge in [0.15, 0.2) is 0 Å². The molecule has 0 bridgehead atoms. The molecule has 1 fully saturated rings. The first-order chi connectivity index (χ1) is 17.2. The molecule has 0 unspecified atom stereocenters. The van der Waals surface area contributed by atoms with Crippen molar-refractivity contribution in [2.24, 2.45) is 0 Å². The smallest absolute Gasteiger partial charge is 0.410 e. The van der Waals surface area contributed by atoms with Crippen LogP contribution in [0.3, 0.4) is 0 Å². The van der Waals surface area contributed by atoms with E-state index in [2.05, 4.69) is 16.4 Å². The molecule has 9 nitrogen and oxygen atoms in total. The summed E-state index contributed by atoms with van der Waals surface area (Å²) >= 11 is 0. The lowest BCUT2D eigenvalue weighted by molar-refractivity contribution is 0.0224. The number of hydrogen-bond acceptors (Lipinski definition) is 7. The molecule has 5 rings (SSSR count). The maximum absolute atomic E-state index is 13.0. The fraction of sp³-hybridized carbons (Fsp3) is 0.444. The molecule has 1 amide bonds. The van der Waals surface area contributed by atoms with Crippen molar-refractivity contribution in [1.82, 2.24) is 19.4 Å². The molecule has 1 aromatic carbocycles. The van der Waals surface area contributed by atoms with E-state index >= 15 is 0 Å². The van der Waals surface area contributed by atoms with Crippen molar-refractivity contribution in [3.63, 3.8) is 0 Å². The van der Waals surface area contributed by atoms with Crippen molar-refractivity contribution in [3.8, 4) is 6.07 Å². The molecule has 3 heterocycles. The van der Waals surface area contributed by atoms with Crippen molar-refractivity contribution >= 4 is 28.8 Å². The Morgan fingerprint density at radius 3 is 2.69 bits per heavy atom. The second-order valence-electron chi connectivity index (χ2n) is 10.5. The van der Waals surface area contributed by atoms with Crippen LogP contribution in [0.1, 0.15) is 69.2 Å². The number of amides is 1. The quantitative estimate of drug-likeness (QED) is 0.565. The Morgan fingerprint density at radius 2 is 1.97 bits per heavy atom. The van der Waals surface area contributed by atoms with E-state index in [1.165, 1.54) is 5.56 Å². The normalized spacial score (nSPS) is 16.0. The summed E-state index contributed by atoms with van der Waals surface area (Å²) in [5.41, 5.74) is 2.85. The molecule has 0 radical (unpaired) electrons. The van der Waals surface area contributed by atoms with E-state index < -0.39 is 5.60 Å². The molecule has 1 N–H and O–H groups in total. The van der Waals surface area contributed by atoms with Crippen molar-refractivity contribution in [1.29, 1.82) is 5.26 Å². The Labute approximate surface area is 209 Å². The number of anilines is 2. The monoisotopic (exact) mass is 486 g/mol. The lowest BCUT2D eigenvalue weighted by Crippen LogP contribution is -2.39. The van der Waals surface area contributed by atoms with Crippen LogP contribution in [-0.4, -0.2) is 37.7 Å². The minimum Gasteiger partial charge on any atom is -0.444 e. The van der Waals surface area contributed by atoms with Crippen LogP contribution < -0.4 is 10.9 Å². The van der Waals surface area contributed by atoms with Crippen LogP contribution in [0.15, 0.2) is 35.3 Å². The summed E-state index contributed by atoms with van der Waals surface area (Å²) in [6, 6.07) is 9.65. The van der Waals surface area contributed by atoms with Gasteiger partial charge in [-0.1, -0.05) is 18.9 Å². The maximum Gasteiger partial charge on any atom is 0.410 e. The predicted molar refractivity (Wildman–Crippen MR) is 136 cm³/mol. The standard InChI is InChI=1S/C27H30N6O3/c1-27(2,3)36-26(35)32-11-10-17-8-9-21(13-20(17)16-32)30-25-29-15-19-12-18(14-28)24(34)33(23(19)31-25)22-6-4-5-7-22/h8-9,12-13,15,22H,4-7,10-11,16H2,1-3H3,(H,29,30,31). The minimum atomic E-state index is -0.540. The van der Waals surface area contributed by atoms with Gasteiger partial charge in [0.2, 0.25) is 5.95 Å². The van der Waals surface area contributed by atoms with E-state index in [1.807, 2.05) is 39.0 Å². The fourth-order valence-electron chi connectivity index (χ4n) is 5.01. The van der Waals surface area contributed by atoms with Crippen molar-refractivity contribution in [2.75, 3.05) is 11.9 Å². The highest BCUT2D eigenvalue weighted by atomic mass is 16.6. The highest BCUT2D eigenvalue weighted by Gasteiger charge is 2.26. The van der Waals surface area contributed by atoms with Crippen molar-refractivity contribution in [2.45, 2.75) is 71.1 Å². The molecule has 3 aromatic rings. The fourth-order valence-corrected chi connectivity index (χ4v) is 5.01. The third kappa shape index (κ3) is 4.76. The molecule has 0 spiro atoms. The summed E-state index contributed by atoms with van der Waals surface area (Å²) in [5.74, 6) is 0.373. The maximum atomic E-state index is 13.0. The average molecular weight is 487 g/mol. The first-order valence-corrected chi connectivity index (χ1v) is 12.4. The van der Waals surface area contributed by atoms with Gasteiger partial charge in [-0.05, 0) is 69.4 Å². The van der Waals surface area contributed by atoms with Crippen LogP contribution in [0.5, 0.6) is 0 Å². The summed E-state index contributed by atoms with van der Waals surface area (Å²) in [6.45, 7) is 6.67. The zero-order valence-corrected chi connectivity index (χ0v) is 20.9. The van der Waals surface area contributed by atoms with E-state index in [1.54, 1.807) is 21.7 Å².